The highest BCUT2D eigenvalue weighted by Gasteiger charge is 2.10. The Balaban J connectivity index is 2.10. The van der Waals surface area contributed by atoms with Gasteiger partial charge in [-0.3, -0.25) is 0 Å². The van der Waals surface area contributed by atoms with Crippen molar-refractivity contribution in [2.75, 3.05) is 0 Å². The molecule has 0 saturated heterocycles. The first-order chi connectivity index (χ1) is 6.77. The Labute approximate surface area is 87.2 Å². The monoisotopic (exact) mass is 207 g/mol. The van der Waals surface area contributed by atoms with Gasteiger partial charge in [-0.2, -0.15) is 0 Å². The zero-order chi connectivity index (χ0) is 9.97. The fourth-order valence-corrected chi connectivity index (χ4v) is 2.24. The number of imidazole rings is 1. The third-order valence-corrected chi connectivity index (χ3v) is 3.13. The highest BCUT2D eigenvalue weighted by molar-refractivity contribution is 7.09. The van der Waals surface area contributed by atoms with Gasteiger partial charge in [0.2, 0.25) is 0 Å². The second kappa shape index (κ2) is 3.94. The van der Waals surface area contributed by atoms with Gasteiger partial charge in [-0.15, -0.1) is 11.3 Å². The van der Waals surface area contributed by atoms with Crippen molar-refractivity contribution in [2.45, 2.75) is 12.5 Å². The number of aryl methyl sites for hydroxylation is 1. The smallest absolute Gasteiger partial charge is 0.0946 e. The molecule has 0 radical (unpaired) electrons. The zero-order valence-electron chi connectivity index (χ0n) is 8.05. The van der Waals surface area contributed by atoms with Crippen molar-refractivity contribution >= 4 is 11.3 Å². The molecule has 3 nitrogen and oxygen atoms in total. The SMILES string of the molecule is Cn1cncc1C(N)Cc1cccs1. The van der Waals surface area contributed by atoms with Gasteiger partial charge >= 0.3 is 0 Å². The number of aromatic nitrogens is 2. The second-order valence-corrected chi connectivity index (χ2v) is 4.35. The van der Waals surface area contributed by atoms with Crippen molar-refractivity contribution in [3.05, 3.63) is 40.6 Å². The molecule has 0 aliphatic rings. The summed E-state index contributed by atoms with van der Waals surface area (Å²) in [5.41, 5.74) is 7.16. The lowest BCUT2D eigenvalue weighted by Crippen LogP contribution is -2.15. The van der Waals surface area contributed by atoms with Crippen LogP contribution in [-0.2, 0) is 13.5 Å². The number of hydrogen-bond acceptors (Lipinski definition) is 3. The van der Waals surface area contributed by atoms with Crippen LogP contribution in [0.15, 0.2) is 30.0 Å². The molecule has 0 spiro atoms. The Kier molecular flexibility index (Phi) is 2.65. The molecule has 0 amide bonds. The van der Waals surface area contributed by atoms with Gasteiger partial charge in [0.15, 0.2) is 0 Å². The van der Waals surface area contributed by atoms with Gasteiger partial charge in [0, 0.05) is 24.5 Å². The van der Waals surface area contributed by atoms with Crippen LogP contribution in [0.5, 0.6) is 0 Å². The molecule has 0 saturated carbocycles. The lowest BCUT2D eigenvalue weighted by Gasteiger charge is -2.10. The van der Waals surface area contributed by atoms with Crippen molar-refractivity contribution in [2.24, 2.45) is 12.8 Å². The van der Waals surface area contributed by atoms with E-state index in [-0.39, 0.29) is 6.04 Å². The van der Waals surface area contributed by atoms with Crippen LogP contribution in [0.4, 0.5) is 0 Å². The molecular formula is C10H13N3S. The maximum atomic E-state index is 6.08. The largest absolute Gasteiger partial charge is 0.336 e. The molecule has 1 atom stereocenters. The number of thiophene rings is 1. The van der Waals surface area contributed by atoms with E-state index >= 15 is 0 Å². The third-order valence-electron chi connectivity index (χ3n) is 2.24. The molecule has 1 unspecified atom stereocenters. The molecule has 0 aliphatic carbocycles. The summed E-state index contributed by atoms with van der Waals surface area (Å²) >= 11 is 1.74. The molecule has 0 fully saturated rings. The minimum absolute atomic E-state index is 0.0427. The first kappa shape index (κ1) is 9.43. The summed E-state index contributed by atoms with van der Waals surface area (Å²) in [6, 6.07) is 4.21. The Hall–Kier alpha value is -1.13. The van der Waals surface area contributed by atoms with Crippen LogP contribution in [0, 0.1) is 0 Å². The topological polar surface area (TPSA) is 43.8 Å². The summed E-state index contributed by atoms with van der Waals surface area (Å²) < 4.78 is 1.97. The van der Waals surface area contributed by atoms with E-state index in [9.17, 15) is 0 Å². The molecule has 0 aliphatic heterocycles. The summed E-state index contributed by atoms with van der Waals surface area (Å²) in [5.74, 6) is 0. The second-order valence-electron chi connectivity index (χ2n) is 3.32. The number of rotatable bonds is 3. The first-order valence-electron chi connectivity index (χ1n) is 4.51. The number of hydrogen-bond donors (Lipinski definition) is 1. The van der Waals surface area contributed by atoms with Crippen LogP contribution in [0.2, 0.25) is 0 Å². The summed E-state index contributed by atoms with van der Waals surface area (Å²) in [4.78, 5) is 5.38. The lowest BCUT2D eigenvalue weighted by molar-refractivity contribution is 0.661. The molecule has 2 N–H and O–H groups in total. The van der Waals surface area contributed by atoms with Crippen LogP contribution < -0.4 is 5.73 Å². The molecule has 14 heavy (non-hydrogen) atoms. The van der Waals surface area contributed by atoms with Crippen LogP contribution in [0.1, 0.15) is 16.6 Å². The Bertz CT molecular complexity index is 391. The average Bonchev–Trinajstić information content (AvgIpc) is 2.75. The molecule has 2 heterocycles. The molecule has 0 bridgehead atoms. The third kappa shape index (κ3) is 1.86. The first-order valence-corrected chi connectivity index (χ1v) is 5.39. The number of nitrogens with two attached hydrogens (primary N) is 1. The Morgan fingerprint density at radius 2 is 2.50 bits per heavy atom. The van der Waals surface area contributed by atoms with E-state index in [1.54, 1.807) is 17.7 Å². The van der Waals surface area contributed by atoms with Crippen molar-refractivity contribution in [3.63, 3.8) is 0 Å². The summed E-state index contributed by atoms with van der Waals surface area (Å²) in [6.07, 6.45) is 4.50. The molecule has 4 heteroatoms. The van der Waals surface area contributed by atoms with Crippen LogP contribution in [0.3, 0.4) is 0 Å². The molecule has 0 aromatic carbocycles. The van der Waals surface area contributed by atoms with Crippen molar-refractivity contribution in [1.29, 1.82) is 0 Å². The van der Waals surface area contributed by atoms with Crippen LogP contribution in [-0.4, -0.2) is 9.55 Å². The fraction of sp³-hybridized carbons (Fsp3) is 0.300. The van der Waals surface area contributed by atoms with E-state index in [1.807, 2.05) is 17.8 Å². The standard InChI is InChI=1S/C10H13N3S/c1-13-7-12-6-10(13)9(11)5-8-3-2-4-14-8/h2-4,6-7,9H,5,11H2,1H3. The average molecular weight is 207 g/mol. The maximum absolute atomic E-state index is 6.08. The van der Waals surface area contributed by atoms with E-state index in [4.69, 9.17) is 5.73 Å². The molecule has 2 rings (SSSR count). The van der Waals surface area contributed by atoms with Gasteiger partial charge < -0.3 is 10.3 Å². The van der Waals surface area contributed by atoms with E-state index < -0.39 is 0 Å². The quantitative estimate of drug-likeness (QED) is 0.833. The van der Waals surface area contributed by atoms with E-state index in [1.165, 1.54) is 4.88 Å². The van der Waals surface area contributed by atoms with Crippen LogP contribution in [0.25, 0.3) is 0 Å². The highest BCUT2D eigenvalue weighted by atomic mass is 32.1. The Morgan fingerprint density at radius 1 is 1.64 bits per heavy atom. The van der Waals surface area contributed by atoms with Gasteiger partial charge in [-0.05, 0) is 11.4 Å². The summed E-state index contributed by atoms with van der Waals surface area (Å²) in [7, 11) is 1.97. The molecular weight excluding hydrogens is 194 g/mol. The van der Waals surface area contributed by atoms with Gasteiger partial charge in [0.25, 0.3) is 0 Å². The summed E-state index contributed by atoms with van der Waals surface area (Å²) in [5, 5.41) is 2.07. The van der Waals surface area contributed by atoms with Crippen molar-refractivity contribution in [1.82, 2.24) is 9.55 Å². The molecule has 74 valence electrons. The summed E-state index contributed by atoms with van der Waals surface area (Å²) in [6.45, 7) is 0. The van der Waals surface area contributed by atoms with Crippen LogP contribution >= 0.6 is 11.3 Å². The van der Waals surface area contributed by atoms with Crippen molar-refractivity contribution in [3.8, 4) is 0 Å². The van der Waals surface area contributed by atoms with Gasteiger partial charge in [-0.1, -0.05) is 6.07 Å². The minimum atomic E-state index is 0.0427. The number of nitrogens with zero attached hydrogens (tertiary/aromatic N) is 2. The predicted molar refractivity (Wildman–Crippen MR) is 58.2 cm³/mol. The minimum Gasteiger partial charge on any atom is -0.336 e. The van der Waals surface area contributed by atoms with Gasteiger partial charge in [-0.25, -0.2) is 4.98 Å². The predicted octanol–water partition coefficient (Wildman–Crippen LogP) is 1.72. The zero-order valence-corrected chi connectivity index (χ0v) is 8.87. The molecule has 2 aromatic rings. The maximum Gasteiger partial charge on any atom is 0.0946 e. The highest BCUT2D eigenvalue weighted by Crippen LogP contribution is 2.18. The Morgan fingerprint density at radius 3 is 3.07 bits per heavy atom. The van der Waals surface area contributed by atoms with E-state index in [0.29, 0.717) is 0 Å². The van der Waals surface area contributed by atoms with Crippen molar-refractivity contribution < 1.29 is 0 Å². The molecule has 2 aromatic heterocycles. The fourth-order valence-electron chi connectivity index (χ4n) is 1.47. The van der Waals surface area contributed by atoms with Gasteiger partial charge in [0.05, 0.1) is 18.1 Å². The lowest BCUT2D eigenvalue weighted by atomic mass is 10.1. The van der Waals surface area contributed by atoms with Gasteiger partial charge in [0.1, 0.15) is 0 Å². The van der Waals surface area contributed by atoms with E-state index in [0.717, 1.165) is 12.1 Å². The van der Waals surface area contributed by atoms with E-state index in [2.05, 4.69) is 22.5 Å². The normalized spacial score (nSPS) is 13.0.